The maximum absolute atomic E-state index is 12.6. The van der Waals surface area contributed by atoms with Gasteiger partial charge in [-0.25, -0.2) is 4.98 Å². The summed E-state index contributed by atoms with van der Waals surface area (Å²) in [5.74, 6) is 1.04. The zero-order chi connectivity index (χ0) is 23.7. The third-order valence-electron chi connectivity index (χ3n) is 5.06. The summed E-state index contributed by atoms with van der Waals surface area (Å²) in [4.78, 5) is 26.3. The summed E-state index contributed by atoms with van der Waals surface area (Å²) in [6, 6.07) is 19.7. The van der Waals surface area contributed by atoms with E-state index in [-0.39, 0.29) is 16.5 Å². The molecule has 3 aromatic rings. The minimum Gasteiger partial charge on any atom is -0.348 e. The fraction of sp³-hybridized carbons (Fsp3) is 0.280. The van der Waals surface area contributed by atoms with Crippen LogP contribution >= 0.6 is 0 Å². The molecule has 0 saturated heterocycles. The maximum Gasteiger partial charge on any atom is 0.268 e. The van der Waals surface area contributed by atoms with Gasteiger partial charge in [-0.3, -0.25) is 4.79 Å². The molecule has 0 spiro atoms. The van der Waals surface area contributed by atoms with Crippen LogP contribution in [-0.4, -0.2) is 36.3 Å². The second-order valence-corrected chi connectivity index (χ2v) is 7.76. The number of nitrogens with zero attached hydrogens (tertiary/aromatic N) is 4. The number of aliphatic imine (C=N–C) groups is 1. The van der Waals surface area contributed by atoms with E-state index in [0.29, 0.717) is 18.2 Å². The molecule has 0 radical (unpaired) electrons. The number of para-hydroxylation sites is 2. The predicted molar refractivity (Wildman–Crippen MR) is 135 cm³/mol. The Balaban J connectivity index is 0.000000968. The van der Waals surface area contributed by atoms with Gasteiger partial charge in [0.2, 0.25) is 12.3 Å². The summed E-state index contributed by atoms with van der Waals surface area (Å²) in [7, 11) is 3.75. The first-order chi connectivity index (χ1) is 16.0. The number of amides is 1. The first-order valence-corrected chi connectivity index (χ1v) is 11.1. The molecule has 0 fully saturated rings. The Morgan fingerprint density at radius 2 is 1.73 bits per heavy atom. The first kappa shape index (κ1) is 24.0. The van der Waals surface area contributed by atoms with Gasteiger partial charge in [-0.2, -0.15) is 15.4 Å². The number of carbonyl (C=O) groups excluding carboxylic acids is 1. The third-order valence-corrected chi connectivity index (χ3v) is 5.06. The molecule has 1 aromatic heterocycles. The van der Waals surface area contributed by atoms with E-state index in [0.717, 1.165) is 23.4 Å². The summed E-state index contributed by atoms with van der Waals surface area (Å²) >= 11 is 0. The monoisotopic (exact) mass is 446 g/mol. The number of nitrogens with one attached hydrogen (secondary N) is 3. The van der Waals surface area contributed by atoms with Crippen molar-refractivity contribution >= 4 is 35.4 Å². The minimum absolute atomic E-state index is 0.0316. The van der Waals surface area contributed by atoms with E-state index in [1.807, 2.05) is 63.5 Å². The zero-order valence-corrected chi connectivity index (χ0v) is 19.6. The molecule has 3 N–H and O–H groups in total. The van der Waals surface area contributed by atoms with Gasteiger partial charge in [0, 0.05) is 24.8 Å². The van der Waals surface area contributed by atoms with Gasteiger partial charge in [-0.15, -0.1) is 0 Å². The lowest BCUT2D eigenvalue weighted by atomic mass is 10.1. The van der Waals surface area contributed by atoms with Crippen molar-refractivity contribution in [2.75, 3.05) is 19.4 Å². The second kappa shape index (κ2) is 11.3. The Morgan fingerprint density at radius 3 is 2.45 bits per heavy atom. The smallest absolute Gasteiger partial charge is 0.268 e. The Labute approximate surface area is 195 Å². The highest BCUT2D eigenvalue weighted by Crippen LogP contribution is 2.41. The molecule has 2 unspecified atom stereocenters. The number of carbonyl (C=O) groups is 1. The van der Waals surface area contributed by atoms with Crippen LogP contribution in [0.1, 0.15) is 38.3 Å². The van der Waals surface area contributed by atoms with Gasteiger partial charge in [0.15, 0.2) is 5.69 Å². The van der Waals surface area contributed by atoms with Gasteiger partial charge in [0.25, 0.3) is 11.7 Å². The van der Waals surface area contributed by atoms with Gasteiger partial charge in [0.1, 0.15) is 5.69 Å². The predicted octanol–water partition coefficient (Wildman–Crippen LogP) is 4.63. The number of rotatable bonds is 7. The molecule has 172 valence electrons. The van der Waals surface area contributed by atoms with E-state index in [1.54, 1.807) is 18.6 Å². The first-order valence-electron chi connectivity index (χ1n) is 11.1. The van der Waals surface area contributed by atoms with Crippen molar-refractivity contribution in [1.82, 2.24) is 25.3 Å². The van der Waals surface area contributed by atoms with Crippen LogP contribution in [0.4, 0.5) is 23.1 Å². The number of hydrogen-bond donors (Lipinski definition) is 3. The number of aromatic nitrogens is 2. The molecular weight excluding hydrogens is 414 g/mol. The molecule has 1 amide bonds. The Bertz CT molecular complexity index is 1090. The number of hydrogen-bond acceptors (Lipinski definition) is 6. The normalized spacial score (nSPS) is 16.8. The van der Waals surface area contributed by atoms with Gasteiger partial charge in [-0.05, 0) is 39.1 Å². The lowest BCUT2D eigenvalue weighted by Crippen LogP contribution is -2.56. The van der Waals surface area contributed by atoms with Crippen LogP contribution in [0, 0.1) is 0 Å². The summed E-state index contributed by atoms with van der Waals surface area (Å²) in [6.45, 7) is 4.04. The van der Waals surface area contributed by atoms with E-state index < -0.39 is 0 Å². The van der Waals surface area contributed by atoms with Crippen molar-refractivity contribution in [2.45, 2.75) is 32.7 Å². The van der Waals surface area contributed by atoms with Crippen molar-refractivity contribution in [3.8, 4) is 0 Å². The van der Waals surface area contributed by atoms with Crippen LogP contribution in [0.5, 0.6) is 0 Å². The standard InChI is InChI=1S/C23H24N6O.C2H7N/c1-3-9-22(30)28-29(16-25-19-12-7-8-13-20(19)29)21-14-15-24-23(27-21)26-17(2)18-10-5-4-6-11-18;1-3-2/h4-8,10-17H,3,9H2,1-2H3,(H-,24,26,27,28,30);3H,1-2H3/p+1. The lowest BCUT2D eigenvalue weighted by Gasteiger charge is -2.28. The van der Waals surface area contributed by atoms with E-state index in [2.05, 4.69) is 45.1 Å². The topological polar surface area (TPSA) is 91.3 Å². The van der Waals surface area contributed by atoms with E-state index in [4.69, 9.17) is 4.98 Å². The Morgan fingerprint density at radius 1 is 1.03 bits per heavy atom. The average Bonchev–Trinajstić information content (AvgIpc) is 3.20. The summed E-state index contributed by atoms with van der Waals surface area (Å²) < 4.78 is -0.0636. The molecule has 2 atom stereocenters. The molecule has 33 heavy (non-hydrogen) atoms. The van der Waals surface area contributed by atoms with Gasteiger partial charge in [-0.1, -0.05) is 54.0 Å². The minimum atomic E-state index is -0.0636. The largest absolute Gasteiger partial charge is 0.348 e. The fourth-order valence-electron chi connectivity index (χ4n) is 3.53. The fourth-order valence-corrected chi connectivity index (χ4v) is 3.53. The van der Waals surface area contributed by atoms with Crippen molar-refractivity contribution in [1.29, 1.82) is 0 Å². The molecule has 8 nitrogen and oxygen atoms in total. The lowest BCUT2D eigenvalue weighted by molar-refractivity contribution is -0.123. The summed E-state index contributed by atoms with van der Waals surface area (Å²) in [6.07, 6.45) is 4.60. The van der Waals surface area contributed by atoms with E-state index in [1.165, 1.54) is 0 Å². The molecule has 4 rings (SSSR count). The molecule has 0 saturated carbocycles. The average molecular weight is 447 g/mol. The number of fused-ring (bicyclic) bond motifs is 1. The second-order valence-electron chi connectivity index (χ2n) is 7.76. The maximum atomic E-state index is 12.6. The summed E-state index contributed by atoms with van der Waals surface area (Å²) in [5.41, 5.74) is 5.90. The Hall–Kier alpha value is -3.62. The van der Waals surface area contributed by atoms with Crippen LogP contribution in [-0.2, 0) is 4.79 Å². The third kappa shape index (κ3) is 5.60. The number of quaternary nitrogens is 1. The Kier molecular flexibility index (Phi) is 8.23. The van der Waals surface area contributed by atoms with E-state index >= 15 is 0 Å². The van der Waals surface area contributed by atoms with Crippen molar-refractivity contribution in [3.63, 3.8) is 0 Å². The van der Waals surface area contributed by atoms with Crippen LogP contribution in [0.3, 0.4) is 0 Å². The molecule has 0 bridgehead atoms. The zero-order valence-electron chi connectivity index (χ0n) is 19.6. The molecule has 8 heteroatoms. The van der Waals surface area contributed by atoms with Crippen molar-refractivity contribution < 1.29 is 4.79 Å². The van der Waals surface area contributed by atoms with Gasteiger partial charge >= 0.3 is 0 Å². The van der Waals surface area contributed by atoms with Gasteiger partial charge < -0.3 is 10.6 Å². The summed E-state index contributed by atoms with van der Waals surface area (Å²) in [5, 5.41) is 6.10. The highest BCUT2D eigenvalue weighted by Gasteiger charge is 2.42. The number of anilines is 1. The molecule has 2 aromatic carbocycles. The quantitative estimate of drug-likeness (QED) is 0.460. The van der Waals surface area contributed by atoms with E-state index in [9.17, 15) is 4.79 Å². The SMILES string of the molecule is CCCC(=O)N[N+]1(c2ccnc(NC(C)c3ccccc3)n2)C=Nc2ccccc21.CNC. The van der Waals surface area contributed by atoms with Crippen molar-refractivity contribution in [2.24, 2.45) is 4.99 Å². The molecular formula is C25H32N7O+. The van der Waals surface area contributed by atoms with Crippen molar-refractivity contribution in [3.05, 3.63) is 72.4 Å². The highest BCUT2D eigenvalue weighted by atomic mass is 16.2. The van der Waals surface area contributed by atoms with Gasteiger partial charge in [0.05, 0.1) is 6.04 Å². The van der Waals surface area contributed by atoms with Crippen LogP contribution in [0.15, 0.2) is 71.9 Å². The molecule has 0 aliphatic carbocycles. The highest BCUT2D eigenvalue weighted by molar-refractivity contribution is 5.96. The van der Waals surface area contributed by atoms with Crippen LogP contribution < -0.4 is 20.7 Å². The van der Waals surface area contributed by atoms with Crippen LogP contribution in [0.25, 0.3) is 0 Å². The molecule has 2 heterocycles. The van der Waals surface area contributed by atoms with Crippen LogP contribution in [0.2, 0.25) is 0 Å². The number of benzene rings is 2. The molecule has 1 aliphatic rings. The molecule has 1 aliphatic heterocycles.